The number of aliphatic hydroxyl groups is 1. The van der Waals surface area contributed by atoms with Crippen LogP contribution < -0.4 is 5.73 Å². The van der Waals surface area contributed by atoms with E-state index >= 15 is 0 Å². The number of hydrogen-bond acceptors (Lipinski definition) is 4. The van der Waals surface area contributed by atoms with Crippen LogP contribution in [-0.4, -0.2) is 21.7 Å². The van der Waals surface area contributed by atoms with E-state index in [0.717, 1.165) is 5.01 Å². The molecule has 1 atom stereocenters. The molecule has 1 rings (SSSR count). The maximum atomic E-state index is 9.60. The van der Waals surface area contributed by atoms with Crippen LogP contribution in [-0.2, 0) is 6.42 Å². The summed E-state index contributed by atoms with van der Waals surface area (Å²) >= 11 is 1.54. The highest BCUT2D eigenvalue weighted by Gasteiger charge is 2.23. The van der Waals surface area contributed by atoms with Gasteiger partial charge in [-0.25, -0.2) is 4.98 Å². The molecule has 0 amide bonds. The maximum Gasteiger partial charge on any atom is 0.0951 e. The lowest BCUT2D eigenvalue weighted by atomic mass is 9.97. The minimum absolute atomic E-state index is 0.524. The van der Waals surface area contributed by atoms with Crippen molar-refractivity contribution in [2.75, 3.05) is 0 Å². The van der Waals surface area contributed by atoms with Gasteiger partial charge in [-0.05, 0) is 13.8 Å². The van der Waals surface area contributed by atoms with E-state index in [2.05, 4.69) is 4.98 Å². The molecule has 0 radical (unpaired) electrons. The van der Waals surface area contributed by atoms with Crippen LogP contribution in [0.4, 0.5) is 0 Å². The van der Waals surface area contributed by atoms with Gasteiger partial charge in [-0.2, -0.15) is 0 Å². The van der Waals surface area contributed by atoms with E-state index in [9.17, 15) is 5.11 Å². The lowest BCUT2D eigenvalue weighted by Gasteiger charge is -2.24. The first-order valence-electron chi connectivity index (χ1n) is 3.85. The van der Waals surface area contributed by atoms with Gasteiger partial charge in [-0.3, -0.25) is 0 Å². The fourth-order valence-corrected chi connectivity index (χ4v) is 1.44. The third kappa shape index (κ3) is 2.55. The van der Waals surface area contributed by atoms with Crippen LogP contribution in [0.25, 0.3) is 0 Å². The van der Waals surface area contributed by atoms with E-state index in [0.29, 0.717) is 6.42 Å². The van der Waals surface area contributed by atoms with Crippen molar-refractivity contribution in [3.63, 3.8) is 0 Å². The molecule has 12 heavy (non-hydrogen) atoms. The molecule has 3 N–H and O–H groups in total. The molecule has 0 aliphatic heterocycles. The van der Waals surface area contributed by atoms with E-state index in [1.807, 2.05) is 19.2 Å². The van der Waals surface area contributed by atoms with Gasteiger partial charge >= 0.3 is 0 Å². The summed E-state index contributed by atoms with van der Waals surface area (Å²) in [5.41, 5.74) is 5.17. The van der Waals surface area contributed by atoms with Gasteiger partial charge in [0.2, 0.25) is 0 Å². The highest BCUT2D eigenvalue weighted by atomic mass is 32.1. The molecule has 0 aromatic carbocycles. The molecule has 0 spiro atoms. The summed E-state index contributed by atoms with van der Waals surface area (Å²) in [6.45, 7) is 3.62. The van der Waals surface area contributed by atoms with Crippen molar-refractivity contribution >= 4 is 11.3 Å². The second kappa shape index (κ2) is 3.51. The number of thiazole rings is 1. The van der Waals surface area contributed by atoms with Crippen molar-refractivity contribution in [3.8, 4) is 0 Å². The van der Waals surface area contributed by atoms with E-state index in [1.54, 1.807) is 17.5 Å². The molecule has 3 nitrogen and oxygen atoms in total. The predicted molar refractivity (Wildman–Crippen MR) is 50.1 cm³/mol. The molecule has 1 unspecified atom stereocenters. The molecule has 4 heteroatoms. The van der Waals surface area contributed by atoms with Gasteiger partial charge in [0.15, 0.2) is 0 Å². The summed E-state index contributed by atoms with van der Waals surface area (Å²) < 4.78 is 0. The smallest absolute Gasteiger partial charge is 0.0951 e. The number of hydrogen-bond donors (Lipinski definition) is 2. The van der Waals surface area contributed by atoms with E-state index in [1.165, 1.54) is 0 Å². The molecule has 1 aromatic rings. The average Bonchev–Trinajstić information content (AvgIpc) is 2.37. The topological polar surface area (TPSA) is 59.1 Å². The number of nitrogens with two attached hydrogens (primary N) is 1. The largest absolute Gasteiger partial charge is 0.391 e. The van der Waals surface area contributed by atoms with Gasteiger partial charge < -0.3 is 10.8 Å². The summed E-state index contributed by atoms with van der Waals surface area (Å²) in [6, 6.07) is 0. The van der Waals surface area contributed by atoms with Gasteiger partial charge in [0.25, 0.3) is 0 Å². The summed E-state index contributed by atoms with van der Waals surface area (Å²) in [6.07, 6.45) is 1.75. The molecule has 0 saturated carbocycles. The highest BCUT2D eigenvalue weighted by Crippen LogP contribution is 2.13. The van der Waals surface area contributed by atoms with Gasteiger partial charge in [0.1, 0.15) is 0 Å². The maximum absolute atomic E-state index is 9.60. The molecule has 0 aliphatic carbocycles. The molecule has 1 heterocycles. The normalized spacial score (nSPS) is 14.7. The fraction of sp³-hybridized carbons (Fsp3) is 0.625. The zero-order chi connectivity index (χ0) is 9.19. The quantitative estimate of drug-likeness (QED) is 0.733. The van der Waals surface area contributed by atoms with Crippen LogP contribution in [0, 0.1) is 0 Å². The molecule has 0 fully saturated rings. The minimum atomic E-state index is -0.550. The van der Waals surface area contributed by atoms with Crippen molar-refractivity contribution in [1.82, 2.24) is 4.98 Å². The van der Waals surface area contributed by atoms with Gasteiger partial charge in [-0.15, -0.1) is 11.3 Å². The minimum Gasteiger partial charge on any atom is -0.391 e. The van der Waals surface area contributed by atoms with Gasteiger partial charge in [0, 0.05) is 23.5 Å². The van der Waals surface area contributed by atoms with Crippen molar-refractivity contribution < 1.29 is 5.11 Å². The summed E-state index contributed by atoms with van der Waals surface area (Å²) in [5, 5.41) is 12.4. The second-order valence-corrected chi connectivity index (χ2v) is 4.45. The molecular weight excluding hydrogens is 172 g/mol. The Labute approximate surface area is 76.3 Å². The molecule has 0 aliphatic rings. The van der Waals surface area contributed by atoms with Crippen LogP contribution in [0.5, 0.6) is 0 Å². The van der Waals surface area contributed by atoms with Crippen LogP contribution >= 0.6 is 11.3 Å². The number of rotatable bonds is 3. The first-order valence-corrected chi connectivity index (χ1v) is 4.73. The van der Waals surface area contributed by atoms with Crippen molar-refractivity contribution in [2.45, 2.75) is 31.9 Å². The Balaban J connectivity index is 2.53. The average molecular weight is 186 g/mol. The van der Waals surface area contributed by atoms with Crippen LogP contribution in [0.1, 0.15) is 18.9 Å². The molecule has 0 saturated heterocycles. The van der Waals surface area contributed by atoms with Gasteiger partial charge in [0.05, 0.1) is 11.1 Å². The Morgan fingerprint density at radius 2 is 2.42 bits per heavy atom. The Hall–Kier alpha value is -0.450. The van der Waals surface area contributed by atoms with E-state index in [-0.39, 0.29) is 0 Å². The highest BCUT2D eigenvalue weighted by molar-refractivity contribution is 7.09. The summed E-state index contributed by atoms with van der Waals surface area (Å²) in [5.74, 6) is 0. The Bertz CT molecular complexity index is 228. The second-order valence-electron chi connectivity index (χ2n) is 3.47. The third-order valence-corrected chi connectivity index (χ3v) is 2.51. The zero-order valence-corrected chi connectivity index (χ0v) is 8.14. The fourth-order valence-electron chi connectivity index (χ4n) is 0.782. The van der Waals surface area contributed by atoms with E-state index < -0.39 is 11.6 Å². The van der Waals surface area contributed by atoms with E-state index in [4.69, 9.17) is 5.73 Å². The molecule has 1 aromatic heterocycles. The third-order valence-electron chi connectivity index (χ3n) is 1.71. The van der Waals surface area contributed by atoms with Crippen molar-refractivity contribution in [2.24, 2.45) is 5.73 Å². The number of aromatic nitrogens is 1. The predicted octanol–water partition coefficient (Wildman–Crippen LogP) is 0.784. The van der Waals surface area contributed by atoms with Crippen molar-refractivity contribution in [1.29, 1.82) is 0 Å². The van der Waals surface area contributed by atoms with Crippen LogP contribution in [0.15, 0.2) is 11.6 Å². The lowest BCUT2D eigenvalue weighted by molar-refractivity contribution is 0.104. The van der Waals surface area contributed by atoms with Gasteiger partial charge in [-0.1, -0.05) is 0 Å². The number of nitrogens with zero attached hydrogens (tertiary/aromatic N) is 1. The standard InChI is InChI=1S/C8H14N2OS/c1-8(2,9)6(11)5-7-10-3-4-12-7/h3-4,6,11H,5,9H2,1-2H3. The summed E-state index contributed by atoms with van der Waals surface area (Å²) in [7, 11) is 0. The van der Waals surface area contributed by atoms with Crippen LogP contribution in [0.2, 0.25) is 0 Å². The lowest BCUT2D eigenvalue weighted by Crippen LogP contribution is -2.46. The first-order chi connectivity index (χ1) is 5.50. The Kier molecular flexibility index (Phi) is 2.82. The number of aliphatic hydroxyl groups excluding tert-OH is 1. The van der Waals surface area contributed by atoms with Crippen molar-refractivity contribution in [3.05, 3.63) is 16.6 Å². The zero-order valence-electron chi connectivity index (χ0n) is 7.32. The SMILES string of the molecule is CC(C)(N)C(O)Cc1nccs1. The monoisotopic (exact) mass is 186 g/mol. The molecule has 0 bridgehead atoms. The molecule has 68 valence electrons. The molecular formula is C8H14N2OS. The van der Waals surface area contributed by atoms with Crippen LogP contribution in [0.3, 0.4) is 0 Å². The first kappa shape index (κ1) is 9.64. The Morgan fingerprint density at radius 1 is 1.75 bits per heavy atom. The Morgan fingerprint density at radius 3 is 2.83 bits per heavy atom. The summed E-state index contributed by atoms with van der Waals surface area (Å²) in [4.78, 5) is 4.07.